The van der Waals surface area contributed by atoms with Crippen LogP contribution in [0.2, 0.25) is 0 Å². The first-order valence-electron chi connectivity index (χ1n) is 5.49. The van der Waals surface area contributed by atoms with Gasteiger partial charge in [-0.05, 0) is 32.9 Å². The topological polar surface area (TPSA) is 38.1 Å². The molecule has 0 aromatic carbocycles. The van der Waals surface area contributed by atoms with Crippen molar-refractivity contribution in [1.82, 2.24) is 10.3 Å². The van der Waals surface area contributed by atoms with Crippen LogP contribution in [0.5, 0.6) is 0 Å². The van der Waals surface area contributed by atoms with Gasteiger partial charge in [0.25, 0.3) is 0 Å². The molecule has 0 bridgehead atoms. The first-order chi connectivity index (χ1) is 6.86. The molecule has 1 N–H and O–H groups in total. The maximum atomic E-state index is 5.36. The van der Waals surface area contributed by atoms with E-state index in [4.69, 9.17) is 4.42 Å². The number of hydrogen-bond acceptors (Lipinski definition) is 3. The number of oxazole rings is 1. The normalized spacial score (nSPS) is 17.4. The molecule has 0 saturated carbocycles. The van der Waals surface area contributed by atoms with Crippen LogP contribution in [0.4, 0.5) is 0 Å². The van der Waals surface area contributed by atoms with Gasteiger partial charge < -0.3 is 9.73 Å². The largest absolute Gasteiger partial charge is 0.448 e. The molecule has 0 unspecified atom stereocenters. The lowest BCUT2D eigenvalue weighted by atomic mass is 9.98. The highest BCUT2D eigenvalue weighted by molar-refractivity contribution is 4.99. The van der Waals surface area contributed by atoms with Crippen LogP contribution in [0, 0.1) is 6.92 Å². The SMILES string of the molecule is CC.Cc1coc(C2CCNCC2)n1. The van der Waals surface area contributed by atoms with Crippen molar-refractivity contribution >= 4 is 0 Å². The van der Waals surface area contributed by atoms with E-state index < -0.39 is 0 Å². The predicted molar refractivity (Wildman–Crippen MR) is 57.4 cm³/mol. The van der Waals surface area contributed by atoms with Gasteiger partial charge in [-0.3, -0.25) is 0 Å². The first-order valence-corrected chi connectivity index (χ1v) is 5.49. The maximum Gasteiger partial charge on any atom is 0.197 e. The molecule has 2 heterocycles. The van der Waals surface area contributed by atoms with Gasteiger partial charge in [0.2, 0.25) is 0 Å². The maximum absolute atomic E-state index is 5.36. The Morgan fingerprint density at radius 1 is 1.36 bits per heavy atom. The van der Waals surface area contributed by atoms with Gasteiger partial charge in [0, 0.05) is 5.92 Å². The predicted octanol–water partition coefficient (Wildman–Crippen LogP) is 2.48. The monoisotopic (exact) mass is 196 g/mol. The number of aromatic nitrogens is 1. The molecule has 1 aromatic heterocycles. The van der Waals surface area contributed by atoms with Gasteiger partial charge in [-0.2, -0.15) is 0 Å². The van der Waals surface area contributed by atoms with Gasteiger partial charge in [-0.15, -0.1) is 0 Å². The minimum Gasteiger partial charge on any atom is -0.448 e. The molecule has 1 aliphatic heterocycles. The smallest absolute Gasteiger partial charge is 0.197 e. The molecule has 14 heavy (non-hydrogen) atoms. The van der Waals surface area contributed by atoms with E-state index >= 15 is 0 Å². The number of nitrogens with zero attached hydrogens (tertiary/aromatic N) is 1. The van der Waals surface area contributed by atoms with Crippen LogP contribution in [0.15, 0.2) is 10.7 Å². The van der Waals surface area contributed by atoms with Gasteiger partial charge in [-0.25, -0.2) is 4.98 Å². The summed E-state index contributed by atoms with van der Waals surface area (Å²) in [4.78, 5) is 4.34. The minimum absolute atomic E-state index is 0.542. The molecular weight excluding hydrogens is 176 g/mol. The van der Waals surface area contributed by atoms with Crippen molar-refractivity contribution in [3.8, 4) is 0 Å². The highest BCUT2D eigenvalue weighted by Gasteiger charge is 2.19. The fourth-order valence-corrected chi connectivity index (χ4v) is 1.63. The Kier molecular flexibility index (Phi) is 4.66. The summed E-state index contributed by atoms with van der Waals surface area (Å²) < 4.78 is 5.36. The molecule has 80 valence electrons. The molecule has 0 atom stereocenters. The van der Waals surface area contributed by atoms with Gasteiger partial charge in [0.05, 0.1) is 5.69 Å². The van der Waals surface area contributed by atoms with Crippen LogP contribution in [-0.2, 0) is 0 Å². The Morgan fingerprint density at radius 3 is 2.50 bits per heavy atom. The van der Waals surface area contributed by atoms with E-state index in [1.807, 2.05) is 20.8 Å². The quantitative estimate of drug-likeness (QED) is 0.750. The fraction of sp³-hybridized carbons (Fsp3) is 0.727. The third kappa shape index (κ3) is 2.84. The fourth-order valence-electron chi connectivity index (χ4n) is 1.63. The summed E-state index contributed by atoms with van der Waals surface area (Å²) in [7, 11) is 0. The van der Waals surface area contributed by atoms with Crippen LogP contribution >= 0.6 is 0 Å². The lowest BCUT2D eigenvalue weighted by Gasteiger charge is -2.19. The Hall–Kier alpha value is -0.830. The lowest BCUT2D eigenvalue weighted by molar-refractivity contribution is 0.374. The zero-order chi connectivity index (χ0) is 10.4. The van der Waals surface area contributed by atoms with Crippen LogP contribution in [0.25, 0.3) is 0 Å². The van der Waals surface area contributed by atoms with Crippen molar-refractivity contribution in [2.24, 2.45) is 0 Å². The summed E-state index contributed by atoms with van der Waals surface area (Å²) in [6.07, 6.45) is 4.04. The van der Waals surface area contributed by atoms with E-state index in [9.17, 15) is 0 Å². The summed E-state index contributed by atoms with van der Waals surface area (Å²) in [5, 5.41) is 3.32. The molecule has 2 rings (SSSR count). The zero-order valence-electron chi connectivity index (χ0n) is 9.34. The van der Waals surface area contributed by atoms with E-state index in [2.05, 4.69) is 10.3 Å². The van der Waals surface area contributed by atoms with Crippen LogP contribution in [-0.4, -0.2) is 18.1 Å². The summed E-state index contributed by atoms with van der Waals surface area (Å²) >= 11 is 0. The van der Waals surface area contributed by atoms with E-state index in [0.717, 1.165) is 37.5 Å². The second kappa shape index (κ2) is 5.81. The first kappa shape index (κ1) is 11.2. The van der Waals surface area contributed by atoms with Gasteiger partial charge in [-0.1, -0.05) is 13.8 Å². The Balaban J connectivity index is 0.000000461. The molecule has 1 aliphatic rings. The number of piperidine rings is 1. The average molecular weight is 196 g/mol. The molecular formula is C11H20N2O. The summed E-state index contributed by atoms with van der Waals surface area (Å²) in [6.45, 7) is 8.15. The Morgan fingerprint density at radius 2 is 2.00 bits per heavy atom. The Labute approximate surface area is 85.9 Å². The highest BCUT2D eigenvalue weighted by Crippen LogP contribution is 2.23. The van der Waals surface area contributed by atoms with Crippen molar-refractivity contribution < 1.29 is 4.42 Å². The average Bonchev–Trinajstić information content (AvgIpc) is 2.69. The molecule has 1 aromatic rings. The second-order valence-electron chi connectivity index (χ2n) is 3.35. The van der Waals surface area contributed by atoms with E-state index in [1.54, 1.807) is 6.26 Å². The van der Waals surface area contributed by atoms with Crippen LogP contribution in [0.1, 0.15) is 44.2 Å². The molecule has 1 fully saturated rings. The van der Waals surface area contributed by atoms with Crippen molar-refractivity contribution in [1.29, 1.82) is 0 Å². The van der Waals surface area contributed by atoms with Crippen molar-refractivity contribution in [3.63, 3.8) is 0 Å². The summed E-state index contributed by atoms with van der Waals surface area (Å²) in [6, 6.07) is 0. The van der Waals surface area contributed by atoms with E-state index in [0.29, 0.717) is 5.92 Å². The molecule has 1 saturated heterocycles. The van der Waals surface area contributed by atoms with E-state index in [-0.39, 0.29) is 0 Å². The van der Waals surface area contributed by atoms with Crippen molar-refractivity contribution in [2.45, 2.75) is 39.5 Å². The molecule has 0 spiro atoms. The minimum atomic E-state index is 0.542. The lowest BCUT2D eigenvalue weighted by Crippen LogP contribution is -2.26. The van der Waals surface area contributed by atoms with E-state index in [1.165, 1.54) is 0 Å². The van der Waals surface area contributed by atoms with Crippen LogP contribution in [0.3, 0.4) is 0 Å². The van der Waals surface area contributed by atoms with Gasteiger partial charge in [0.1, 0.15) is 6.26 Å². The standard InChI is InChI=1S/C9H14N2O.C2H6/c1-7-6-12-9(11-7)8-2-4-10-5-3-8;1-2/h6,8,10H,2-5H2,1H3;1-2H3. The molecule has 0 aliphatic carbocycles. The number of aryl methyl sites for hydroxylation is 1. The number of rotatable bonds is 1. The third-order valence-electron chi connectivity index (χ3n) is 2.33. The number of hydrogen-bond donors (Lipinski definition) is 1. The molecule has 3 nitrogen and oxygen atoms in total. The van der Waals surface area contributed by atoms with Gasteiger partial charge >= 0.3 is 0 Å². The third-order valence-corrected chi connectivity index (χ3v) is 2.33. The van der Waals surface area contributed by atoms with Crippen molar-refractivity contribution in [2.75, 3.05) is 13.1 Å². The zero-order valence-corrected chi connectivity index (χ0v) is 9.34. The summed E-state index contributed by atoms with van der Waals surface area (Å²) in [5.74, 6) is 1.47. The molecule has 0 amide bonds. The molecule has 0 radical (unpaired) electrons. The second-order valence-corrected chi connectivity index (χ2v) is 3.35. The highest BCUT2D eigenvalue weighted by atomic mass is 16.3. The van der Waals surface area contributed by atoms with Gasteiger partial charge in [0.15, 0.2) is 5.89 Å². The van der Waals surface area contributed by atoms with Crippen LogP contribution < -0.4 is 5.32 Å². The number of nitrogens with one attached hydrogen (secondary N) is 1. The Bertz CT molecular complexity index is 252. The molecule has 3 heteroatoms. The van der Waals surface area contributed by atoms with Crippen molar-refractivity contribution in [3.05, 3.63) is 17.8 Å². The summed E-state index contributed by atoms with van der Waals surface area (Å²) in [5.41, 5.74) is 0.989.